The van der Waals surface area contributed by atoms with Crippen LogP contribution in [0.15, 0.2) is 18.6 Å². The Hall–Kier alpha value is -1.86. The first-order valence-electron chi connectivity index (χ1n) is 5.85. The van der Waals surface area contributed by atoms with E-state index in [4.69, 9.17) is 10.9 Å². The van der Waals surface area contributed by atoms with Gasteiger partial charge in [-0.15, -0.1) is 0 Å². The van der Waals surface area contributed by atoms with E-state index in [-0.39, 0.29) is 12.6 Å². The van der Waals surface area contributed by atoms with Crippen molar-refractivity contribution in [3.63, 3.8) is 0 Å². The minimum atomic E-state index is 0.0625. The standard InChI is InChI=1S/C11H18N6O/c1-8(2)17(5-6-18)11-10-13-3-4-16(10)7-9(14-11)15-12/h3-4,7-8,15,18H,5-6,12H2,1-2H3. The van der Waals surface area contributed by atoms with Gasteiger partial charge in [-0.1, -0.05) is 0 Å². The first-order chi connectivity index (χ1) is 8.67. The molecule has 7 nitrogen and oxygen atoms in total. The molecular weight excluding hydrogens is 232 g/mol. The van der Waals surface area contributed by atoms with Crippen molar-refractivity contribution in [3.05, 3.63) is 18.6 Å². The molecule has 0 radical (unpaired) electrons. The number of hydrogen-bond donors (Lipinski definition) is 3. The highest BCUT2D eigenvalue weighted by atomic mass is 16.3. The third-order valence-electron chi connectivity index (χ3n) is 2.74. The lowest BCUT2D eigenvalue weighted by Gasteiger charge is -2.27. The number of aromatic nitrogens is 3. The highest BCUT2D eigenvalue weighted by molar-refractivity contribution is 5.67. The number of nitrogen functional groups attached to an aromatic ring is 1. The van der Waals surface area contributed by atoms with E-state index in [1.54, 1.807) is 12.4 Å². The first-order valence-corrected chi connectivity index (χ1v) is 5.85. The minimum Gasteiger partial charge on any atom is -0.395 e. The molecule has 98 valence electrons. The monoisotopic (exact) mass is 250 g/mol. The van der Waals surface area contributed by atoms with Gasteiger partial charge >= 0.3 is 0 Å². The molecule has 0 unspecified atom stereocenters. The molecule has 18 heavy (non-hydrogen) atoms. The molecule has 0 fully saturated rings. The summed E-state index contributed by atoms with van der Waals surface area (Å²) in [5, 5.41) is 9.16. The van der Waals surface area contributed by atoms with Crippen LogP contribution >= 0.6 is 0 Å². The number of anilines is 2. The van der Waals surface area contributed by atoms with Crippen molar-refractivity contribution in [1.29, 1.82) is 0 Å². The summed E-state index contributed by atoms with van der Waals surface area (Å²) in [5.41, 5.74) is 3.28. The lowest BCUT2D eigenvalue weighted by molar-refractivity contribution is 0.298. The van der Waals surface area contributed by atoms with Crippen LogP contribution in [-0.4, -0.2) is 38.7 Å². The number of nitrogens with one attached hydrogen (secondary N) is 1. The topological polar surface area (TPSA) is 91.7 Å². The van der Waals surface area contributed by atoms with Gasteiger partial charge in [-0.05, 0) is 13.8 Å². The van der Waals surface area contributed by atoms with E-state index in [2.05, 4.69) is 15.4 Å². The van der Waals surface area contributed by atoms with Gasteiger partial charge in [0.2, 0.25) is 0 Å². The van der Waals surface area contributed by atoms with E-state index < -0.39 is 0 Å². The average Bonchev–Trinajstić information content (AvgIpc) is 2.82. The molecule has 0 aliphatic heterocycles. The summed E-state index contributed by atoms with van der Waals surface area (Å²) in [5.74, 6) is 6.68. The number of hydrogen-bond acceptors (Lipinski definition) is 6. The number of nitrogens with zero attached hydrogens (tertiary/aromatic N) is 4. The summed E-state index contributed by atoms with van der Waals surface area (Å²) in [6, 6.07) is 0.207. The molecule has 0 aliphatic carbocycles. The fourth-order valence-electron chi connectivity index (χ4n) is 1.89. The Kier molecular flexibility index (Phi) is 3.63. The summed E-state index contributed by atoms with van der Waals surface area (Å²) in [4.78, 5) is 10.7. The predicted octanol–water partition coefficient (Wildman–Crippen LogP) is 0.222. The zero-order valence-corrected chi connectivity index (χ0v) is 10.5. The molecule has 0 aromatic carbocycles. The summed E-state index contributed by atoms with van der Waals surface area (Å²) < 4.78 is 1.85. The van der Waals surface area contributed by atoms with Crippen molar-refractivity contribution in [2.75, 3.05) is 23.5 Å². The van der Waals surface area contributed by atoms with E-state index in [9.17, 15) is 0 Å². The molecule has 0 spiro atoms. The van der Waals surface area contributed by atoms with Crippen molar-refractivity contribution < 1.29 is 5.11 Å². The summed E-state index contributed by atoms with van der Waals surface area (Å²) in [6.45, 7) is 4.65. The molecular formula is C11H18N6O. The molecule has 0 amide bonds. The summed E-state index contributed by atoms with van der Waals surface area (Å²) >= 11 is 0. The maximum Gasteiger partial charge on any atom is 0.180 e. The molecule has 0 aliphatic rings. The third-order valence-corrected chi connectivity index (χ3v) is 2.74. The largest absolute Gasteiger partial charge is 0.395 e. The Morgan fingerprint density at radius 2 is 2.33 bits per heavy atom. The SMILES string of the molecule is CC(C)N(CCO)c1nc(NN)cn2ccnc12. The second-order valence-corrected chi connectivity index (χ2v) is 4.26. The van der Waals surface area contributed by atoms with Gasteiger partial charge in [0.15, 0.2) is 17.3 Å². The molecule has 0 atom stereocenters. The van der Waals surface area contributed by atoms with Crippen LogP contribution in [0.2, 0.25) is 0 Å². The van der Waals surface area contributed by atoms with Crippen LogP contribution in [0.5, 0.6) is 0 Å². The summed E-state index contributed by atoms with van der Waals surface area (Å²) in [7, 11) is 0. The zero-order valence-electron chi connectivity index (χ0n) is 10.5. The highest BCUT2D eigenvalue weighted by Gasteiger charge is 2.17. The van der Waals surface area contributed by atoms with Crippen LogP contribution in [0.1, 0.15) is 13.8 Å². The Bertz CT molecular complexity index is 523. The average molecular weight is 250 g/mol. The number of imidazole rings is 1. The fourth-order valence-corrected chi connectivity index (χ4v) is 1.89. The maximum absolute atomic E-state index is 9.16. The lowest BCUT2D eigenvalue weighted by Crippen LogP contribution is -2.34. The minimum absolute atomic E-state index is 0.0625. The number of hydrazine groups is 1. The van der Waals surface area contributed by atoms with Gasteiger partial charge in [0, 0.05) is 25.0 Å². The van der Waals surface area contributed by atoms with Crippen molar-refractivity contribution in [2.24, 2.45) is 5.84 Å². The van der Waals surface area contributed by atoms with Gasteiger partial charge in [-0.2, -0.15) is 0 Å². The Morgan fingerprint density at radius 1 is 1.56 bits per heavy atom. The van der Waals surface area contributed by atoms with Gasteiger partial charge < -0.3 is 19.8 Å². The maximum atomic E-state index is 9.16. The Balaban J connectivity index is 2.55. The highest BCUT2D eigenvalue weighted by Crippen LogP contribution is 2.21. The van der Waals surface area contributed by atoms with E-state index in [1.807, 2.05) is 29.3 Å². The normalized spacial score (nSPS) is 11.2. The molecule has 2 aromatic heterocycles. The van der Waals surface area contributed by atoms with Crippen LogP contribution in [0.3, 0.4) is 0 Å². The van der Waals surface area contributed by atoms with Crippen molar-refractivity contribution >= 4 is 17.3 Å². The lowest BCUT2D eigenvalue weighted by atomic mass is 10.3. The quantitative estimate of drug-likeness (QED) is 0.519. The molecule has 2 aromatic rings. The van der Waals surface area contributed by atoms with Crippen LogP contribution in [-0.2, 0) is 0 Å². The van der Waals surface area contributed by atoms with Crippen LogP contribution < -0.4 is 16.2 Å². The number of aliphatic hydroxyl groups excluding tert-OH is 1. The fraction of sp³-hybridized carbons (Fsp3) is 0.455. The van der Waals surface area contributed by atoms with E-state index in [1.165, 1.54) is 0 Å². The van der Waals surface area contributed by atoms with E-state index in [0.29, 0.717) is 18.2 Å². The zero-order chi connectivity index (χ0) is 13.1. The molecule has 0 bridgehead atoms. The molecule has 2 rings (SSSR count). The second-order valence-electron chi connectivity index (χ2n) is 4.26. The molecule has 2 heterocycles. The van der Waals surface area contributed by atoms with E-state index in [0.717, 1.165) is 5.65 Å². The van der Waals surface area contributed by atoms with Crippen molar-refractivity contribution in [3.8, 4) is 0 Å². The van der Waals surface area contributed by atoms with Gasteiger partial charge in [0.05, 0.1) is 12.8 Å². The smallest absolute Gasteiger partial charge is 0.180 e. The molecule has 0 saturated carbocycles. The van der Waals surface area contributed by atoms with Crippen LogP contribution in [0, 0.1) is 0 Å². The van der Waals surface area contributed by atoms with Gasteiger partial charge in [0.1, 0.15) is 0 Å². The van der Waals surface area contributed by atoms with Crippen LogP contribution in [0.4, 0.5) is 11.6 Å². The van der Waals surface area contributed by atoms with Gasteiger partial charge in [0.25, 0.3) is 0 Å². The molecule has 7 heteroatoms. The van der Waals surface area contributed by atoms with E-state index >= 15 is 0 Å². The number of nitrogens with two attached hydrogens (primary N) is 1. The van der Waals surface area contributed by atoms with Crippen molar-refractivity contribution in [1.82, 2.24) is 14.4 Å². The predicted molar refractivity (Wildman–Crippen MR) is 70.4 cm³/mol. The van der Waals surface area contributed by atoms with Gasteiger partial charge in [-0.3, -0.25) is 0 Å². The second kappa shape index (κ2) is 5.19. The molecule has 4 N–H and O–H groups in total. The van der Waals surface area contributed by atoms with Crippen LogP contribution in [0.25, 0.3) is 5.65 Å². The number of fused-ring (bicyclic) bond motifs is 1. The van der Waals surface area contributed by atoms with Gasteiger partial charge in [-0.25, -0.2) is 15.8 Å². The Morgan fingerprint density at radius 3 is 2.94 bits per heavy atom. The third kappa shape index (κ3) is 2.22. The molecule has 0 saturated heterocycles. The number of rotatable bonds is 5. The Labute approximate surface area is 105 Å². The first kappa shape index (κ1) is 12.6. The van der Waals surface area contributed by atoms with Crippen molar-refractivity contribution in [2.45, 2.75) is 19.9 Å². The summed E-state index contributed by atoms with van der Waals surface area (Å²) in [6.07, 6.45) is 5.31. The number of aliphatic hydroxyl groups is 1.